The number of likely N-dealkylation sites (N-methyl/N-ethyl adjacent to an activating group) is 1. The van der Waals surface area contributed by atoms with E-state index in [0.29, 0.717) is 6.04 Å². The highest BCUT2D eigenvalue weighted by atomic mass is 14.9. The fourth-order valence-electron chi connectivity index (χ4n) is 2.08. The summed E-state index contributed by atoms with van der Waals surface area (Å²) < 4.78 is 0. The predicted octanol–water partition coefficient (Wildman–Crippen LogP) is 3.76. The molecule has 0 aromatic heterocycles. The highest BCUT2D eigenvalue weighted by Gasteiger charge is 2.11. The molecule has 0 aromatic carbocycles. The van der Waals surface area contributed by atoms with Gasteiger partial charge in [0, 0.05) is 6.04 Å². The monoisotopic (exact) mass is 217 g/mol. The SMILES string of the molecule is C=CC(C/C(=C/C)C1=C(C)CCC=C1)NC. The number of hydrogen-bond donors (Lipinski definition) is 1. The molecule has 1 nitrogen and oxygen atoms in total. The van der Waals surface area contributed by atoms with E-state index in [4.69, 9.17) is 0 Å². The minimum Gasteiger partial charge on any atom is -0.313 e. The van der Waals surface area contributed by atoms with Gasteiger partial charge in [-0.25, -0.2) is 0 Å². The lowest BCUT2D eigenvalue weighted by atomic mass is 9.89. The van der Waals surface area contributed by atoms with E-state index in [0.717, 1.165) is 6.42 Å². The summed E-state index contributed by atoms with van der Waals surface area (Å²) in [4.78, 5) is 0. The lowest BCUT2D eigenvalue weighted by Crippen LogP contribution is -2.23. The van der Waals surface area contributed by atoms with Crippen LogP contribution in [-0.4, -0.2) is 13.1 Å². The highest BCUT2D eigenvalue weighted by Crippen LogP contribution is 2.27. The smallest absolute Gasteiger partial charge is 0.0285 e. The van der Waals surface area contributed by atoms with Gasteiger partial charge in [-0.3, -0.25) is 0 Å². The lowest BCUT2D eigenvalue weighted by molar-refractivity contribution is 0.663. The van der Waals surface area contributed by atoms with Gasteiger partial charge in [0.2, 0.25) is 0 Å². The predicted molar refractivity (Wildman–Crippen MR) is 72.5 cm³/mol. The van der Waals surface area contributed by atoms with Crippen molar-refractivity contribution in [3.05, 3.63) is 47.6 Å². The van der Waals surface area contributed by atoms with E-state index in [2.05, 4.69) is 44.0 Å². The molecule has 0 spiro atoms. The Kier molecular flexibility index (Phi) is 5.27. The zero-order chi connectivity index (χ0) is 12.0. The van der Waals surface area contributed by atoms with Crippen LogP contribution in [0.3, 0.4) is 0 Å². The quantitative estimate of drug-likeness (QED) is 0.691. The Morgan fingerprint density at radius 3 is 2.88 bits per heavy atom. The van der Waals surface area contributed by atoms with Gasteiger partial charge in [-0.05, 0) is 51.3 Å². The molecule has 0 fully saturated rings. The zero-order valence-corrected chi connectivity index (χ0v) is 10.7. The molecule has 0 saturated carbocycles. The van der Waals surface area contributed by atoms with Crippen LogP contribution in [0.2, 0.25) is 0 Å². The van der Waals surface area contributed by atoms with Gasteiger partial charge < -0.3 is 5.32 Å². The van der Waals surface area contributed by atoms with Crippen molar-refractivity contribution in [3.63, 3.8) is 0 Å². The van der Waals surface area contributed by atoms with Crippen molar-refractivity contribution in [3.8, 4) is 0 Å². The number of rotatable bonds is 5. The molecule has 0 aromatic rings. The van der Waals surface area contributed by atoms with Crippen LogP contribution in [0.1, 0.15) is 33.1 Å². The van der Waals surface area contributed by atoms with E-state index in [1.807, 2.05) is 13.1 Å². The second-order valence-corrected chi connectivity index (χ2v) is 4.28. The molecule has 1 N–H and O–H groups in total. The Morgan fingerprint density at radius 1 is 1.62 bits per heavy atom. The fraction of sp³-hybridized carbons (Fsp3) is 0.467. The van der Waals surface area contributed by atoms with Crippen LogP contribution >= 0.6 is 0 Å². The van der Waals surface area contributed by atoms with Crippen molar-refractivity contribution >= 4 is 0 Å². The van der Waals surface area contributed by atoms with Crippen LogP contribution in [-0.2, 0) is 0 Å². The first-order valence-corrected chi connectivity index (χ1v) is 6.04. The first-order valence-electron chi connectivity index (χ1n) is 6.04. The molecular formula is C15H23N. The summed E-state index contributed by atoms with van der Waals surface area (Å²) in [5, 5.41) is 3.26. The summed E-state index contributed by atoms with van der Waals surface area (Å²) in [5.74, 6) is 0. The summed E-state index contributed by atoms with van der Waals surface area (Å²) in [6.07, 6.45) is 12.1. The molecule has 0 heterocycles. The van der Waals surface area contributed by atoms with Gasteiger partial charge in [0.15, 0.2) is 0 Å². The van der Waals surface area contributed by atoms with Gasteiger partial charge >= 0.3 is 0 Å². The van der Waals surface area contributed by atoms with E-state index < -0.39 is 0 Å². The van der Waals surface area contributed by atoms with Gasteiger partial charge in [0.25, 0.3) is 0 Å². The zero-order valence-electron chi connectivity index (χ0n) is 10.7. The molecule has 16 heavy (non-hydrogen) atoms. The minimum atomic E-state index is 0.363. The van der Waals surface area contributed by atoms with Crippen LogP contribution in [0.15, 0.2) is 47.6 Å². The summed E-state index contributed by atoms with van der Waals surface area (Å²) in [5.41, 5.74) is 4.36. The molecule has 0 aliphatic heterocycles. The van der Waals surface area contributed by atoms with Crippen molar-refractivity contribution in [2.75, 3.05) is 7.05 Å². The molecule has 1 unspecified atom stereocenters. The van der Waals surface area contributed by atoms with Crippen LogP contribution in [0.4, 0.5) is 0 Å². The van der Waals surface area contributed by atoms with Crippen LogP contribution in [0.25, 0.3) is 0 Å². The maximum absolute atomic E-state index is 3.86. The molecule has 1 aliphatic carbocycles. The van der Waals surface area contributed by atoms with E-state index >= 15 is 0 Å². The summed E-state index contributed by atoms with van der Waals surface area (Å²) in [6.45, 7) is 8.22. The van der Waals surface area contributed by atoms with Gasteiger partial charge in [0.05, 0.1) is 0 Å². The fourth-order valence-corrected chi connectivity index (χ4v) is 2.08. The first-order chi connectivity index (χ1) is 7.72. The molecule has 0 amide bonds. The van der Waals surface area contributed by atoms with Gasteiger partial charge in [0.1, 0.15) is 0 Å². The van der Waals surface area contributed by atoms with Crippen LogP contribution < -0.4 is 5.32 Å². The van der Waals surface area contributed by atoms with Gasteiger partial charge in [-0.2, -0.15) is 0 Å². The molecule has 1 atom stereocenters. The number of hydrogen-bond acceptors (Lipinski definition) is 1. The van der Waals surface area contributed by atoms with Gasteiger partial charge in [-0.1, -0.05) is 29.9 Å². The standard InChI is InChI=1S/C15H23N/c1-5-13(11-14(6-2)16-4)15-10-8-7-9-12(15)3/h5-6,8,10,14,16H,2,7,9,11H2,1,3-4H3/b13-5-. The third kappa shape index (κ3) is 3.21. The largest absolute Gasteiger partial charge is 0.313 e. The Hall–Kier alpha value is -1.08. The van der Waals surface area contributed by atoms with Crippen LogP contribution in [0, 0.1) is 0 Å². The maximum Gasteiger partial charge on any atom is 0.0285 e. The maximum atomic E-state index is 3.86. The minimum absolute atomic E-state index is 0.363. The molecular weight excluding hydrogens is 194 g/mol. The molecule has 1 aliphatic rings. The van der Waals surface area contributed by atoms with E-state index in [1.165, 1.54) is 29.6 Å². The normalized spacial score (nSPS) is 18.8. The summed E-state index contributed by atoms with van der Waals surface area (Å²) >= 11 is 0. The Morgan fingerprint density at radius 2 is 2.38 bits per heavy atom. The number of nitrogens with one attached hydrogen (secondary N) is 1. The molecule has 0 radical (unpaired) electrons. The Labute approximate surface area is 99.6 Å². The van der Waals surface area contributed by atoms with Crippen molar-refractivity contribution < 1.29 is 0 Å². The number of allylic oxidation sites excluding steroid dienone is 5. The molecule has 1 rings (SSSR count). The second-order valence-electron chi connectivity index (χ2n) is 4.28. The van der Waals surface area contributed by atoms with Crippen molar-refractivity contribution in [1.82, 2.24) is 5.32 Å². The Balaban J connectivity index is 2.83. The average molecular weight is 217 g/mol. The van der Waals surface area contributed by atoms with E-state index in [1.54, 1.807) is 0 Å². The summed E-state index contributed by atoms with van der Waals surface area (Å²) in [6, 6.07) is 0.363. The average Bonchev–Trinajstić information content (AvgIpc) is 2.32. The highest BCUT2D eigenvalue weighted by molar-refractivity contribution is 5.45. The van der Waals surface area contributed by atoms with E-state index in [9.17, 15) is 0 Å². The first kappa shape index (κ1) is 13.0. The third-order valence-electron chi connectivity index (χ3n) is 3.22. The van der Waals surface area contributed by atoms with Crippen LogP contribution in [0.5, 0.6) is 0 Å². The topological polar surface area (TPSA) is 12.0 Å². The molecule has 0 saturated heterocycles. The molecule has 1 heteroatoms. The third-order valence-corrected chi connectivity index (χ3v) is 3.22. The Bertz CT molecular complexity index is 331. The summed E-state index contributed by atoms with van der Waals surface area (Å²) in [7, 11) is 1.98. The molecule has 0 bridgehead atoms. The van der Waals surface area contributed by atoms with E-state index in [-0.39, 0.29) is 0 Å². The molecule has 88 valence electrons. The van der Waals surface area contributed by atoms with Crippen molar-refractivity contribution in [2.45, 2.75) is 39.2 Å². The second kappa shape index (κ2) is 6.49. The van der Waals surface area contributed by atoms with Crippen molar-refractivity contribution in [1.29, 1.82) is 0 Å². The van der Waals surface area contributed by atoms with Crippen molar-refractivity contribution in [2.24, 2.45) is 0 Å². The lowest BCUT2D eigenvalue weighted by Gasteiger charge is -2.19. The van der Waals surface area contributed by atoms with Gasteiger partial charge in [-0.15, -0.1) is 6.58 Å².